The fourth-order valence-electron chi connectivity index (χ4n) is 1.62. The molecule has 0 aliphatic carbocycles. The first-order valence-corrected chi connectivity index (χ1v) is 6.31. The second kappa shape index (κ2) is 4.96. The largest absolute Gasteiger partial charge is 0.508 e. The molecular weight excluding hydrogens is 256 g/mol. The molecule has 2 rings (SSSR count). The van der Waals surface area contributed by atoms with Crippen LogP contribution < -0.4 is 5.32 Å². The third-order valence-electron chi connectivity index (χ3n) is 2.85. The Kier molecular flexibility index (Phi) is 3.48. The predicted octanol–water partition coefficient (Wildman–Crippen LogP) is 2.37. The molecule has 0 spiro atoms. The van der Waals surface area contributed by atoms with Gasteiger partial charge in [0.2, 0.25) is 5.82 Å². The van der Waals surface area contributed by atoms with E-state index in [9.17, 15) is 9.90 Å². The maximum atomic E-state index is 12.0. The summed E-state index contributed by atoms with van der Waals surface area (Å²) in [7, 11) is 0. The lowest BCUT2D eigenvalue weighted by Crippen LogP contribution is -2.16. The molecule has 1 aromatic heterocycles. The lowest BCUT2D eigenvalue weighted by Gasteiger charge is -2.12. The third-order valence-corrected chi connectivity index (χ3v) is 2.85. The Morgan fingerprint density at radius 2 is 2.05 bits per heavy atom. The molecule has 0 bridgehead atoms. The smallest absolute Gasteiger partial charge is 0.295 e. The lowest BCUT2D eigenvalue weighted by molar-refractivity contribution is 0.101. The van der Waals surface area contributed by atoms with Crippen molar-refractivity contribution >= 4 is 11.6 Å². The number of anilines is 1. The van der Waals surface area contributed by atoms with E-state index < -0.39 is 0 Å². The highest BCUT2D eigenvalue weighted by Crippen LogP contribution is 2.21. The molecule has 1 heterocycles. The second-order valence-electron chi connectivity index (χ2n) is 5.71. The molecule has 0 fully saturated rings. The molecule has 6 heteroatoms. The molecule has 1 amide bonds. The zero-order valence-electron chi connectivity index (χ0n) is 12.0. The number of phenols is 1. The van der Waals surface area contributed by atoms with Gasteiger partial charge in [-0.05, 0) is 30.7 Å². The Hall–Kier alpha value is -2.37. The minimum Gasteiger partial charge on any atom is -0.508 e. The summed E-state index contributed by atoms with van der Waals surface area (Å²) in [5.41, 5.74) is 1.08. The number of aromatic nitrogens is 3. The van der Waals surface area contributed by atoms with E-state index in [-0.39, 0.29) is 22.9 Å². The van der Waals surface area contributed by atoms with Gasteiger partial charge in [0.15, 0.2) is 0 Å². The molecule has 6 nitrogen and oxygen atoms in total. The molecule has 0 atom stereocenters. The molecule has 3 N–H and O–H groups in total. The van der Waals surface area contributed by atoms with Gasteiger partial charge in [-0.1, -0.05) is 20.8 Å². The van der Waals surface area contributed by atoms with Crippen molar-refractivity contribution in [1.82, 2.24) is 15.2 Å². The number of carbonyl (C=O) groups is 1. The molecule has 0 saturated carbocycles. The topological polar surface area (TPSA) is 90.9 Å². The van der Waals surface area contributed by atoms with Crippen LogP contribution in [0.2, 0.25) is 0 Å². The number of hydrogen-bond donors (Lipinski definition) is 3. The molecular formula is C14H18N4O2. The van der Waals surface area contributed by atoms with Crippen LogP contribution >= 0.6 is 0 Å². The Morgan fingerprint density at radius 1 is 1.35 bits per heavy atom. The van der Waals surface area contributed by atoms with Gasteiger partial charge in [0.25, 0.3) is 5.91 Å². The number of aromatic amines is 1. The Balaban J connectivity index is 2.16. The van der Waals surface area contributed by atoms with Crippen LogP contribution in [0, 0.1) is 6.92 Å². The van der Waals surface area contributed by atoms with Crippen LogP contribution in [-0.2, 0) is 5.41 Å². The monoisotopic (exact) mass is 274 g/mol. The highest BCUT2D eigenvalue weighted by Gasteiger charge is 2.21. The maximum absolute atomic E-state index is 12.0. The van der Waals surface area contributed by atoms with Crippen LogP contribution in [0.1, 0.15) is 42.8 Å². The van der Waals surface area contributed by atoms with Gasteiger partial charge in [-0.3, -0.25) is 9.89 Å². The van der Waals surface area contributed by atoms with Crippen LogP contribution in [0.5, 0.6) is 5.75 Å². The number of amides is 1. The maximum Gasteiger partial charge on any atom is 0.295 e. The van der Waals surface area contributed by atoms with Crippen LogP contribution in [0.25, 0.3) is 0 Å². The predicted molar refractivity (Wildman–Crippen MR) is 75.9 cm³/mol. The summed E-state index contributed by atoms with van der Waals surface area (Å²) in [6, 6.07) is 4.84. The van der Waals surface area contributed by atoms with E-state index in [1.165, 1.54) is 6.07 Å². The van der Waals surface area contributed by atoms with Crippen molar-refractivity contribution in [1.29, 1.82) is 0 Å². The first-order chi connectivity index (χ1) is 9.27. The van der Waals surface area contributed by atoms with E-state index in [4.69, 9.17) is 0 Å². The molecule has 2 aromatic rings. The van der Waals surface area contributed by atoms with Crippen LogP contribution in [-0.4, -0.2) is 26.2 Å². The number of aryl methyl sites for hydroxylation is 1. The molecule has 0 unspecified atom stereocenters. The van der Waals surface area contributed by atoms with Gasteiger partial charge >= 0.3 is 0 Å². The van der Waals surface area contributed by atoms with Crippen molar-refractivity contribution in [2.24, 2.45) is 0 Å². The van der Waals surface area contributed by atoms with Crippen molar-refractivity contribution in [2.45, 2.75) is 33.1 Å². The molecule has 1 aromatic carbocycles. The van der Waals surface area contributed by atoms with Crippen molar-refractivity contribution in [2.75, 3.05) is 5.32 Å². The van der Waals surface area contributed by atoms with Crippen molar-refractivity contribution < 1.29 is 9.90 Å². The summed E-state index contributed by atoms with van der Waals surface area (Å²) in [5, 5.41) is 18.8. The van der Waals surface area contributed by atoms with Gasteiger partial charge < -0.3 is 10.4 Å². The first kappa shape index (κ1) is 14.0. The SMILES string of the molecule is Cc1cc(NC(=O)c2n[nH]c(C(C)(C)C)n2)ccc1O. The molecule has 106 valence electrons. The van der Waals surface area contributed by atoms with Gasteiger partial charge in [-0.25, -0.2) is 4.98 Å². The average molecular weight is 274 g/mol. The normalized spacial score (nSPS) is 11.4. The van der Waals surface area contributed by atoms with Gasteiger partial charge in [0.1, 0.15) is 11.6 Å². The number of nitrogens with one attached hydrogen (secondary N) is 2. The minimum atomic E-state index is -0.387. The molecule has 0 saturated heterocycles. The molecule has 0 radical (unpaired) electrons. The van der Waals surface area contributed by atoms with Crippen LogP contribution in [0.15, 0.2) is 18.2 Å². The number of phenolic OH excluding ortho intramolecular Hbond substituents is 1. The number of carbonyl (C=O) groups excluding carboxylic acids is 1. The van der Waals surface area contributed by atoms with E-state index in [2.05, 4.69) is 20.5 Å². The molecule has 0 aliphatic rings. The van der Waals surface area contributed by atoms with Gasteiger partial charge in [-0.15, -0.1) is 5.10 Å². The Labute approximate surface area is 117 Å². The average Bonchev–Trinajstić information content (AvgIpc) is 2.83. The summed E-state index contributed by atoms with van der Waals surface area (Å²) in [4.78, 5) is 16.2. The summed E-state index contributed by atoms with van der Waals surface area (Å²) in [6.45, 7) is 7.71. The van der Waals surface area contributed by atoms with Gasteiger partial charge in [0.05, 0.1) is 0 Å². The minimum absolute atomic E-state index is 0.0978. The number of nitrogens with zero attached hydrogens (tertiary/aromatic N) is 2. The summed E-state index contributed by atoms with van der Waals surface area (Å²) in [6.07, 6.45) is 0. The van der Waals surface area contributed by atoms with E-state index in [1.807, 2.05) is 20.8 Å². The quantitative estimate of drug-likeness (QED) is 0.733. The summed E-state index contributed by atoms with van der Waals surface area (Å²) >= 11 is 0. The molecule has 0 aliphatic heterocycles. The van der Waals surface area contributed by atoms with Crippen LogP contribution in [0.4, 0.5) is 5.69 Å². The first-order valence-electron chi connectivity index (χ1n) is 6.31. The lowest BCUT2D eigenvalue weighted by atomic mass is 9.96. The standard InChI is InChI=1S/C14H18N4O2/c1-8-7-9(5-6-10(8)19)15-12(20)11-16-13(18-17-11)14(2,3)4/h5-7,19H,1-4H3,(H,15,20)(H,16,17,18). The number of benzene rings is 1. The second-order valence-corrected chi connectivity index (χ2v) is 5.71. The van der Waals surface area contributed by atoms with E-state index in [0.717, 1.165) is 0 Å². The fraction of sp³-hybridized carbons (Fsp3) is 0.357. The summed E-state index contributed by atoms with van der Waals surface area (Å²) < 4.78 is 0. The van der Waals surface area contributed by atoms with E-state index in [0.29, 0.717) is 17.1 Å². The van der Waals surface area contributed by atoms with Crippen molar-refractivity contribution in [3.8, 4) is 5.75 Å². The highest BCUT2D eigenvalue weighted by molar-refractivity contribution is 6.01. The van der Waals surface area contributed by atoms with Crippen molar-refractivity contribution in [3.63, 3.8) is 0 Å². The van der Waals surface area contributed by atoms with E-state index in [1.54, 1.807) is 19.1 Å². The number of H-pyrrole nitrogens is 1. The van der Waals surface area contributed by atoms with E-state index >= 15 is 0 Å². The number of rotatable bonds is 2. The Bertz CT molecular complexity index is 641. The van der Waals surface area contributed by atoms with Crippen LogP contribution in [0.3, 0.4) is 0 Å². The molecule has 20 heavy (non-hydrogen) atoms. The fourth-order valence-corrected chi connectivity index (χ4v) is 1.62. The van der Waals surface area contributed by atoms with Crippen molar-refractivity contribution in [3.05, 3.63) is 35.4 Å². The third kappa shape index (κ3) is 2.96. The zero-order chi connectivity index (χ0) is 14.9. The summed E-state index contributed by atoms with van der Waals surface area (Å²) in [5.74, 6) is 0.558. The number of hydrogen-bond acceptors (Lipinski definition) is 4. The number of aromatic hydroxyl groups is 1. The Morgan fingerprint density at radius 3 is 2.60 bits per heavy atom. The highest BCUT2D eigenvalue weighted by atomic mass is 16.3. The van der Waals surface area contributed by atoms with Gasteiger partial charge in [0, 0.05) is 11.1 Å². The zero-order valence-corrected chi connectivity index (χ0v) is 12.0. The van der Waals surface area contributed by atoms with Gasteiger partial charge in [-0.2, -0.15) is 0 Å².